The molecular weight excluding hydrogens is 640 g/mol. The zero-order chi connectivity index (χ0) is 28.6. The normalized spacial score (nSPS) is 11.9. The van der Waals surface area contributed by atoms with Crippen molar-refractivity contribution in [3.8, 4) is 11.5 Å². The van der Waals surface area contributed by atoms with Crippen molar-refractivity contribution >= 4 is 35.8 Å². The molecule has 0 spiro atoms. The van der Waals surface area contributed by atoms with Crippen molar-refractivity contribution in [2.45, 2.75) is 105 Å². The van der Waals surface area contributed by atoms with Gasteiger partial charge in [0, 0.05) is 30.6 Å². The fourth-order valence-electron chi connectivity index (χ4n) is 3.60. The number of aromatic carboxylic acids is 2. The van der Waals surface area contributed by atoms with Crippen molar-refractivity contribution < 1.29 is 49.5 Å². The van der Waals surface area contributed by atoms with Crippen LogP contribution in [0.4, 0.5) is 0 Å². The molecule has 0 atom stereocenters. The van der Waals surface area contributed by atoms with Gasteiger partial charge >= 0.3 is 35.8 Å². The zero-order valence-corrected chi connectivity index (χ0v) is 32.3. The van der Waals surface area contributed by atoms with Gasteiger partial charge in [-0.1, -0.05) is 95.2 Å². The Labute approximate surface area is 258 Å². The molecule has 0 aliphatic rings. The molecule has 0 bridgehead atoms. The van der Waals surface area contributed by atoms with E-state index in [9.17, 15) is 30.0 Å². The van der Waals surface area contributed by atoms with Gasteiger partial charge in [-0.2, -0.15) is 0 Å². The molecule has 4 N–H and O–H groups in total. The molecule has 38 heavy (non-hydrogen) atoms. The number of carbonyl (C=O) groups is 2. The van der Waals surface area contributed by atoms with E-state index in [1.54, 1.807) is 12.1 Å². The summed E-state index contributed by atoms with van der Waals surface area (Å²) >= 11 is 0. The average Bonchev–Trinajstić information content (AvgIpc) is 2.64. The van der Waals surface area contributed by atoms with Crippen LogP contribution in [-0.2, 0) is 41.1 Å². The van der Waals surface area contributed by atoms with Gasteiger partial charge in [0.2, 0.25) is 0 Å². The molecule has 208 valence electrons. The van der Waals surface area contributed by atoms with Gasteiger partial charge in [-0.3, -0.25) is 0 Å². The summed E-state index contributed by atoms with van der Waals surface area (Å²) in [6.45, 7) is 23.9. The Bertz CT molecular complexity index is 1050. The predicted octanol–water partition coefficient (Wildman–Crippen LogP) is 6.45. The zero-order valence-electron chi connectivity index (χ0n) is 25.3. The van der Waals surface area contributed by atoms with Gasteiger partial charge in [-0.15, -0.1) is 0 Å². The third kappa shape index (κ3) is 9.86. The van der Waals surface area contributed by atoms with E-state index >= 15 is 0 Å². The summed E-state index contributed by atoms with van der Waals surface area (Å²) in [5, 5.41) is 38.6. The van der Waals surface area contributed by atoms with E-state index in [1.165, 1.54) is 0 Å². The van der Waals surface area contributed by atoms with Crippen LogP contribution in [0.1, 0.15) is 126 Å². The fraction of sp³-hybridized carbons (Fsp3) is 0.533. The number of rotatable bonds is 2. The van der Waals surface area contributed by atoms with E-state index in [4.69, 9.17) is 0 Å². The Morgan fingerprint density at radius 3 is 0.921 bits per heavy atom. The molecule has 0 aliphatic carbocycles. The van der Waals surface area contributed by atoms with Crippen LogP contribution >= 0.6 is 0 Å². The minimum absolute atomic E-state index is 0. The standard InChI is InChI=1S/2C15H22O3.Sn.Zn.2H/c2*1-14(2,3)9-7-10(13(17)18)12(16)11(8-9)15(4,5)6;;;;/h2*7-8,16H,1-6H3,(H,17,18);;;;. The van der Waals surface area contributed by atoms with Crippen molar-refractivity contribution in [2.75, 3.05) is 0 Å². The molecular formula is C30H46O6SnZn. The molecule has 0 aromatic heterocycles. The summed E-state index contributed by atoms with van der Waals surface area (Å²) in [6, 6.07) is 6.93. The van der Waals surface area contributed by atoms with Gasteiger partial charge in [-0.25, -0.2) is 9.59 Å². The molecule has 0 amide bonds. The second-order valence-corrected chi connectivity index (χ2v) is 13.5. The van der Waals surface area contributed by atoms with Gasteiger partial charge < -0.3 is 20.4 Å². The van der Waals surface area contributed by atoms with E-state index in [-0.39, 0.29) is 87.7 Å². The van der Waals surface area contributed by atoms with Crippen LogP contribution in [0.25, 0.3) is 0 Å². The van der Waals surface area contributed by atoms with E-state index in [0.29, 0.717) is 11.1 Å². The van der Waals surface area contributed by atoms with Gasteiger partial charge in [0.05, 0.1) is 0 Å². The molecule has 0 aliphatic heterocycles. The summed E-state index contributed by atoms with van der Waals surface area (Å²) in [4.78, 5) is 22.4. The first-order valence-electron chi connectivity index (χ1n) is 12.1. The molecule has 6 nitrogen and oxygen atoms in total. The molecule has 2 rings (SSSR count). The molecule has 0 saturated heterocycles. The predicted molar refractivity (Wildman–Crippen MR) is 153 cm³/mol. The first kappa shape index (κ1) is 38.5. The molecule has 2 aromatic carbocycles. The molecule has 8 heteroatoms. The van der Waals surface area contributed by atoms with Crippen LogP contribution in [0, 0.1) is 0 Å². The third-order valence-corrected chi connectivity index (χ3v) is 6.03. The van der Waals surface area contributed by atoms with Crippen molar-refractivity contribution in [2.24, 2.45) is 0 Å². The number of benzene rings is 2. The van der Waals surface area contributed by atoms with Crippen molar-refractivity contribution in [1.82, 2.24) is 0 Å². The molecule has 0 heterocycles. The monoisotopic (exact) mass is 686 g/mol. The van der Waals surface area contributed by atoms with Crippen LogP contribution in [0.15, 0.2) is 24.3 Å². The second-order valence-electron chi connectivity index (χ2n) is 13.5. The Kier molecular flexibility index (Phi) is 13.4. The van der Waals surface area contributed by atoms with Gasteiger partial charge in [-0.05, 0) is 44.9 Å². The van der Waals surface area contributed by atoms with E-state index in [1.807, 2.05) is 95.2 Å². The Morgan fingerprint density at radius 1 is 0.526 bits per heavy atom. The van der Waals surface area contributed by atoms with Crippen molar-refractivity contribution in [3.63, 3.8) is 0 Å². The first-order chi connectivity index (χ1) is 15.9. The Hall–Kier alpha value is -1.60. The van der Waals surface area contributed by atoms with Gasteiger partial charge in [0.25, 0.3) is 0 Å². The number of aromatic hydroxyl groups is 2. The largest absolute Gasteiger partial charge is 0 e. The third-order valence-electron chi connectivity index (χ3n) is 6.03. The molecule has 2 radical (unpaired) electrons. The van der Waals surface area contributed by atoms with E-state index in [2.05, 4.69) is 0 Å². The van der Waals surface area contributed by atoms with Crippen LogP contribution in [-0.4, -0.2) is 56.3 Å². The quantitative estimate of drug-likeness (QED) is 0.270. The maximum Gasteiger partial charge on any atom is 0 e. The fourth-order valence-corrected chi connectivity index (χ4v) is 3.60. The number of hydrogen-bond acceptors (Lipinski definition) is 4. The Balaban J connectivity index is 0. The molecule has 2 aromatic rings. The summed E-state index contributed by atoms with van der Waals surface area (Å²) in [7, 11) is 0. The SMILES string of the molecule is CC(C)(C)c1cc(C(=O)O)c(O)c(C(C)(C)C)c1.CC(C)(C)c1cc(C(=O)O)c(O)c(C(C)(C)C)c1.[SnH2].[Zn]. The number of phenols is 2. The maximum absolute atomic E-state index is 11.2. The number of hydrogen-bond donors (Lipinski definition) is 4. The number of carboxylic acids is 2. The van der Waals surface area contributed by atoms with E-state index in [0.717, 1.165) is 11.1 Å². The van der Waals surface area contributed by atoms with Crippen molar-refractivity contribution in [3.05, 3.63) is 57.6 Å². The minimum atomic E-state index is -1.09. The van der Waals surface area contributed by atoms with Crippen LogP contribution in [0.2, 0.25) is 0 Å². The van der Waals surface area contributed by atoms with E-state index < -0.39 is 11.9 Å². The van der Waals surface area contributed by atoms with Gasteiger partial charge in [0.1, 0.15) is 22.6 Å². The van der Waals surface area contributed by atoms with Crippen molar-refractivity contribution in [1.29, 1.82) is 0 Å². The molecule has 0 saturated carbocycles. The summed E-state index contributed by atoms with van der Waals surface area (Å²) in [5.41, 5.74) is 2.24. The van der Waals surface area contributed by atoms with Gasteiger partial charge in [0.15, 0.2) is 0 Å². The summed E-state index contributed by atoms with van der Waals surface area (Å²) in [6.07, 6.45) is 0. The second kappa shape index (κ2) is 13.2. The first-order valence-corrected chi connectivity index (χ1v) is 12.1. The topological polar surface area (TPSA) is 115 Å². The number of carboxylic acid groups (broad SMARTS) is 2. The van der Waals surface area contributed by atoms with Crippen LogP contribution in [0.3, 0.4) is 0 Å². The maximum atomic E-state index is 11.2. The van der Waals surface area contributed by atoms with Crippen LogP contribution < -0.4 is 0 Å². The smallest absolute Gasteiger partial charge is 0 e. The molecule has 0 unspecified atom stereocenters. The Morgan fingerprint density at radius 2 is 0.763 bits per heavy atom. The average molecular weight is 687 g/mol. The van der Waals surface area contributed by atoms with Crippen LogP contribution in [0.5, 0.6) is 11.5 Å². The molecule has 0 fully saturated rings. The summed E-state index contributed by atoms with van der Waals surface area (Å²) < 4.78 is 0. The summed E-state index contributed by atoms with van der Waals surface area (Å²) in [5.74, 6) is -2.43. The minimum Gasteiger partial charge on any atom is 0 e.